The minimum absolute atomic E-state index is 0.0545. The lowest BCUT2D eigenvalue weighted by atomic mass is 10.0. The lowest BCUT2D eigenvalue weighted by Gasteiger charge is -2.11. The number of para-hydroxylation sites is 1. The standard InChI is InChI=1S/C29H20N2O2/c32-28(21-11-5-2-6-12-21)22-15-17-23(18-16-22)30-29(33)25-19-27(20-9-3-1-4-10-20)31-26-14-8-7-13-24(25)26/h1-19H,(H,30,33). The van der Waals surface area contributed by atoms with Gasteiger partial charge in [-0.2, -0.15) is 0 Å². The molecule has 5 rings (SSSR count). The second-order valence-electron chi connectivity index (χ2n) is 7.66. The number of rotatable bonds is 5. The Balaban J connectivity index is 1.44. The van der Waals surface area contributed by atoms with E-state index < -0.39 is 0 Å². The van der Waals surface area contributed by atoms with Crippen molar-refractivity contribution in [2.75, 3.05) is 5.32 Å². The average Bonchev–Trinajstić information content (AvgIpc) is 2.89. The predicted octanol–water partition coefficient (Wildman–Crippen LogP) is 6.39. The molecular weight excluding hydrogens is 408 g/mol. The Labute approximate surface area is 191 Å². The van der Waals surface area contributed by atoms with E-state index in [1.54, 1.807) is 36.4 Å². The summed E-state index contributed by atoms with van der Waals surface area (Å²) in [4.78, 5) is 30.6. The molecule has 0 bridgehead atoms. The molecule has 1 heterocycles. The van der Waals surface area contributed by atoms with Crippen molar-refractivity contribution < 1.29 is 9.59 Å². The van der Waals surface area contributed by atoms with Crippen molar-refractivity contribution in [3.63, 3.8) is 0 Å². The molecule has 0 aliphatic heterocycles. The SMILES string of the molecule is O=C(c1ccccc1)c1ccc(NC(=O)c2cc(-c3ccccc3)nc3ccccc23)cc1. The molecule has 1 aromatic heterocycles. The number of amides is 1. The first kappa shape index (κ1) is 20.3. The van der Waals surface area contributed by atoms with Gasteiger partial charge < -0.3 is 5.32 Å². The summed E-state index contributed by atoms with van der Waals surface area (Å²) in [5.41, 5.74) is 4.80. The third-order valence-corrected chi connectivity index (χ3v) is 5.47. The summed E-state index contributed by atoms with van der Waals surface area (Å²) < 4.78 is 0. The fraction of sp³-hybridized carbons (Fsp3) is 0. The summed E-state index contributed by atoms with van der Waals surface area (Å²) in [6, 6.07) is 35.3. The Bertz CT molecular complexity index is 1440. The van der Waals surface area contributed by atoms with Crippen LogP contribution in [0.1, 0.15) is 26.3 Å². The fourth-order valence-corrected chi connectivity index (χ4v) is 3.78. The lowest BCUT2D eigenvalue weighted by Crippen LogP contribution is -2.13. The van der Waals surface area contributed by atoms with Gasteiger partial charge in [0.1, 0.15) is 0 Å². The highest BCUT2D eigenvalue weighted by Crippen LogP contribution is 2.25. The van der Waals surface area contributed by atoms with Gasteiger partial charge in [-0.1, -0.05) is 78.9 Å². The molecule has 4 heteroatoms. The summed E-state index contributed by atoms with van der Waals surface area (Å²) in [6.45, 7) is 0. The molecule has 5 aromatic rings. The first-order valence-electron chi connectivity index (χ1n) is 10.7. The van der Waals surface area contributed by atoms with Crippen molar-refractivity contribution in [1.82, 2.24) is 4.98 Å². The molecule has 0 spiro atoms. The van der Waals surface area contributed by atoms with Crippen LogP contribution in [0, 0.1) is 0 Å². The molecule has 33 heavy (non-hydrogen) atoms. The van der Waals surface area contributed by atoms with Crippen molar-refractivity contribution in [3.8, 4) is 11.3 Å². The molecule has 4 aromatic carbocycles. The number of ketones is 1. The van der Waals surface area contributed by atoms with Crippen molar-refractivity contribution in [2.24, 2.45) is 0 Å². The quantitative estimate of drug-likeness (QED) is 0.330. The first-order chi connectivity index (χ1) is 16.2. The zero-order valence-corrected chi connectivity index (χ0v) is 17.7. The van der Waals surface area contributed by atoms with E-state index in [0.717, 1.165) is 22.2 Å². The number of aromatic nitrogens is 1. The number of hydrogen-bond donors (Lipinski definition) is 1. The minimum atomic E-state index is -0.229. The van der Waals surface area contributed by atoms with Crippen LogP contribution in [-0.4, -0.2) is 16.7 Å². The lowest BCUT2D eigenvalue weighted by molar-refractivity contribution is 0.102. The summed E-state index contributed by atoms with van der Waals surface area (Å²) >= 11 is 0. The van der Waals surface area contributed by atoms with Gasteiger partial charge >= 0.3 is 0 Å². The highest BCUT2D eigenvalue weighted by atomic mass is 16.1. The Morgan fingerprint density at radius 2 is 1.24 bits per heavy atom. The Kier molecular flexibility index (Phi) is 5.48. The van der Waals surface area contributed by atoms with Gasteiger partial charge in [-0.05, 0) is 36.4 Å². The maximum atomic E-state index is 13.2. The largest absolute Gasteiger partial charge is 0.322 e. The van der Waals surface area contributed by atoms with Crippen molar-refractivity contribution in [3.05, 3.63) is 132 Å². The van der Waals surface area contributed by atoms with E-state index in [1.807, 2.05) is 78.9 Å². The Morgan fingerprint density at radius 3 is 1.97 bits per heavy atom. The highest BCUT2D eigenvalue weighted by molar-refractivity contribution is 6.13. The molecule has 0 saturated carbocycles. The van der Waals surface area contributed by atoms with E-state index in [9.17, 15) is 9.59 Å². The van der Waals surface area contributed by atoms with Gasteiger partial charge in [0.05, 0.1) is 16.8 Å². The number of benzene rings is 4. The third kappa shape index (κ3) is 4.27. The van der Waals surface area contributed by atoms with Gasteiger partial charge in [-0.25, -0.2) is 4.98 Å². The third-order valence-electron chi connectivity index (χ3n) is 5.47. The number of nitrogens with one attached hydrogen (secondary N) is 1. The molecule has 0 radical (unpaired) electrons. The summed E-state index contributed by atoms with van der Waals surface area (Å²) in [7, 11) is 0. The first-order valence-corrected chi connectivity index (χ1v) is 10.7. The molecule has 0 aliphatic rings. The van der Waals surface area contributed by atoms with E-state index in [0.29, 0.717) is 22.4 Å². The van der Waals surface area contributed by atoms with E-state index >= 15 is 0 Å². The Hall–Kier alpha value is -4.57. The molecule has 0 saturated heterocycles. The second-order valence-corrected chi connectivity index (χ2v) is 7.66. The smallest absolute Gasteiger partial charge is 0.256 e. The zero-order chi connectivity index (χ0) is 22.6. The van der Waals surface area contributed by atoms with Crippen molar-refractivity contribution in [1.29, 1.82) is 0 Å². The van der Waals surface area contributed by atoms with Crippen LogP contribution in [-0.2, 0) is 0 Å². The van der Waals surface area contributed by atoms with Crippen LogP contribution in [0.25, 0.3) is 22.2 Å². The number of anilines is 1. The average molecular weight is 428 g/mol. The van der Waals surface area contributed by atoms with Crippen molar-refractivity contribution in [2.45, 2.75) is 0 Å². The molecular formula is C29H20N2O2. The van der Waals surface area contributed by atoms with Crippen LogP contribution >= 0.6 is 0 Å². The fourth-order valence-electron chi connectivity index (χ4n) is 3.78. The van der Waals surface area contributed by atoms with E-state index in [4.69, 9.17) is 4.98 Å². The van der Waals surface area contributed by atoms with Crippen LogP contribution in [0.4, 0.5) is 5.69 Å². The number of fused-ring (bicyclic) bond motifs is 1. The number of hydrogen-bond acceptors (Lipinski definition) is 3. The highest BCUT2D eigenvalue weighted by Gasteiger charge is 2.15. The summed E-state index contributed by atoms with van der Waals surface area (Å²) in [6.07, 6.45) is 0. The topological polar surface area (TPSA) is 59.1 Å². The molecule has 0 unspecified atom stereocenters. The molecule has 0 fully saturated rings. The van der Waals surface area contributed by atoms with E-state index in [1.165, 1.54) is 0 Å². The van der Waals surface area contributed by atoms with Gasteiger partial charge in [-0.3, -0.25) is 9.59 Å². The van der Waals surface area contributed by atoms with Gasteiger partial charge in [0.2, 0.25) is 0 Å². The second kappa shape index (κ2) is 8.89. The predicted molar refractivity (Wildman–Crippen MR) is 131 cm³/mol. The van der Waals surface area contributed by atoms with Gasteiger partial charge in [0.15, 0.2) is 5.78 Å². The maximum absolute atomic E-state index is 13.2. The van der Waals surface area contributed by atoms with Gasteiger partial charge in [0, 0.05) is 27.8 Å². The van der Waals surface area contributed by atoms with Gasteiger partial charge in [-0.15, -0.1) is 0 Å². The maximum Gasteiger partial charge on any atom is 0.256 e. The van der Waals surface area contributed by atoms with Crippen LogP contribution in [0.2, 0.25) is 0 Å². The summed E-state index contributed by atoms with van der Waals surface area (Å²) in [5, 5.41) is 3.74. The van der Waals surface area contributed by atoms with Crippen LogP contribution in [0.15, 0.2) is 115 Å². The van der Waals surface area contributed by atoms with E-state index in [-0.39, 0.29) is 11.7 Å². The number of carbonyl (C=O) groups excluding carboxylic acids is 2. The molecule has 1 amide bonds. The number of nitrogens with zero attached hydrogens (tertiary/aromatic N) is 1. The van der Waals surface area contributed by atoms with E-state index in [2.05, 4.69) is 5.32 Å². The Morgan fingerprint density at radius 1 is 0.636 bits per heavy atom. The van der Waals surface area contributed by atoms with Crippen LogP contribution in [0.3, 0.4) is 0 Å². The molecule has 4 nitrogen and oxygen atoms in total. The molecule has 158 valence electrons. The van der Waals surface area contributed by atoms with Gasteiger partial charge in [0.25, 0.3) is 5.91 Å². The normalized spacial score (nSPS) is 10.7. The van der Waals surface area contributed by atoms with Crippen LogP contribution in [0.5, 0.6) is 0 Å². The zero-order valence-electron chi connectivity index (χ0n) is 17.7. The minimum Gasteiger partial charge on any atom is -0.322 e. The molecule has 1 N–H and O–H groups in total. The van der Waals surface area contributed by atoms with Crippen LogP contribution < -0.4 is 5.32 Å². The number of carbonyl (C=O) groups is 2. The number of pyridine rings is 1. The molecule has 0 aliphatic carbocycles. The molecule has 0 atom stereocenters. The summed E-state index contributed by atoms with van der Waals surface area (Å²) in [5.74, 6) is -0.283. The van der Waals surface area contributed by atoms with Crippen molar-refractivity contribution >= 4 is 28.3 Å². The monoisotopic (exact) mass is 428 g/mol.